The summed E-state index contributed by atoms with van der Waals surface area (Å²) < 4.78 is 8.12. The van der Waals surface area contributed by atoms with E-state index in [2.05, 4.69) is 79.8 Å². The molecule has 2 saturated heterocycles. The molecule has 0 bridgehead atoms. The Morgan fingerprint density at radius 2 is 1.82 bits per heavy atom. The van der Waals surface area contributed by atoms with Crippen LogP contribution >= 0.6 is 24.0 Å². The molecule has 2 fully saturated rings. The molecule has 8 heteroatoms. The Balaban J connectivity index is 0.00000274. The first kappa shape index (κ1) is 24.7. The molecule has 0 saturated carbocycles. The van der Waals surface area contributed by atoms with Gasteiger partial charge in [0.25, 0.3) is 0 Å². The van der Waals surface area contributed by atoms with Crippen molar-refractivity contribution in [1.29, 1.82) is 0 Å². The number of likely N-dealkylation sites (tertiary alicyclic amines) is 1. The van der Waals surface area contributed by atoms with Gasteiger partial charge in [0.05, 0.1) is 25.3 Å². The number of hydrogen-bond acceptors (Lipinski definition) is 4. The Labute approximate surface area is 218 Å². The molecule has 0 spiro atoms. The fourth-order valence-corrected chi connectivity index (χ4v) is 4.90. The molecule has 3 heterocycles. The Hall–Kier alpha value is -2.43. The van der Waals surface area contributed by atoms with E-state index in [0.29, 0.717) is 6.04 Å². The van der Waals surface area contributed by atoms with Gasteiger partial charge in [0, 0.05) is 52.2 Å². The number of aliphatic imine (C=N–C) groups is 1. The van der Waals surface area contributed by atoms with E-state index in [0.717, 1.165) is 51.8 Å². The average Bonchev–Trinajstić information content (AvgIpc) is 3.52. The zero-order valence-electron chi connectivity index (χ0n) is 19.6. The van der Waals surface area contributed by atoms with Crippen molar-refractivity contribution in [1.82, 2.24) is 24.9 Å². The quantitative estimate of drug-likeness (QED) is 0.280. The SMILES string of the molecule is CN=C(NCc1ccccc1Cn1cccn1)N1CC2OCCN(Cc3ccccc3)C2C1.I. The zero-order valence-corrected chi connectivity index (χ0v) is 21.9. The lowest BCUT2D eigenvalue weighted by Crippen LogP contribution is -2.50. The molecular weight excluding hydrogens is 539 g/mol. The second kappa shape index (κ2) is 11.8. The van der Waals surface area contributed by atoms with E-state index in [1.807, 2.05) is 30.2 Å². The Kier molecular flexibility index (Phi) is 8.58. The number of halogens is 1. The van der Waals surface area contributed by atoms with Crippen LogP contribution in [-0.4, -0.2) is 71.0 Å². The zero-order chi connectivity index (χ0) is 22.5. The maximum absolute atomic E-state index is 6.16. The van der Waals surface area contributed by atoms with Crippen molar-refractivity contribution >= 4 is 29.9 Å². The van der Waals surface area contributed by atoms with Crippen LogP contribution < -0.4 is 5.32 Å². The maximum atomic E-state index is 6.16. The van der Waals surface area contributed by atoms with Gasteiger partial charge in [-0.15, -0.1) is 24.0 Å². The first-order chi connectivity index (χ1) is 16.3. The fraction of sp³-hybridized carbons (Fsp3) is 0.385. The smallest absolute Gasteiger partial charge is 0.194 e. The van der Waals surface area contributed by atoms with E-state index in [1.54, 1.807) is 0 Å². The van der Waals surface area contributed by atoms with Gasteiger partial charge in [-0.25, -0.2) is 0 Å². The third-order valence-corrected chi connectivity index (χ3v) is 6.60. The van der Waals surface area contributed by atoms with E-state index >= 15 is 0 Å². The predicted octanol–water partition coefficient (Wildman–Crippen LogP) is 3.21. The molecule has 1 N–H and O–H groups in total. The van der Waals surface area contributed by atoms with Gasteiger partial charge >= 0.3 is 0 Å². The molecule has 2 aliphatic rings. The van der Waals surface area contributed by atoms with Gasteiger partial charge in [-0.3, -0.25) is 14.6 Å². The van der Waals surface area contributed by atoms with E-state index in [-0.39, 0.29) is 30.1 Å². The van der Waals surface area contributed by atoms with Crippen molar-refractivity contribution in [3.63, 3.8) is 0 Å². The highest BCUT2D eigenvalue weighted by atomic mass is 127. The molecule has 2 aliphatic heterocycles. The lowest BCUT2D eigenvalue weighted by molar-refractivity contribution is -0.0502. The molecule has 2 atom stereocenters. The third-order valence-electron chi connectivity index (χ3n) is 6.60. The highest BCUT2D eigenvalue weighted by molar-refractivity contribution is 14.0. The Morgan fingerprint density at radius 3 is 2.59 bits per heavy atom. The van der Waals surface area contributed by atoms with Crippen LogP contribution in [0.2, 0.25) is 0 Å². The predicted molar refractivity (Wildman–Crippen MR) is 145 cm³/mol. The number of rotatable bonds is 6. The molecule has 0 radical (unpaired) electrons. The average molecular weight is 572 g/mol. The third kappa shape index (κ3) is 5.79. The molecule has 5 rings (SSSR count). The minimum atomic E-state index is 0. The van der Waals surface area contributed by atoms with Crippen molar-refractivity contribution in [2.24, 2.45) is 4.99 Å². The summed E-state index contributed by atoms with van der Waals surface area (Å²) in [6.07, 6.45) is 4.03. The number of morpholine rings is 1. The number of benzene rings is 2. The fourth-order valence-electron chi connectivity index (χ4n) is 4.90. The van der Waals surface area contributed by atoms with Gasteiger partial charge in [-0.2, -0.15) is 5.10 Å². The van der Waals surface area contributed by atoms with Crippen LogP contribution in [0.1, 0.15) is 16.7 Å². The normalized spacial score (nSPS) is 20.6. The van der Waals surface area contributed by atoms with Gasteiger partial charge < -0.3 is 15.0 Å². The number of hydrogen-bond donors (Lipinski definition) is 1. The first-order valence-corrected chi connectivity index (χ1v) is 11.7. The monoisotopic (exact) mass is 572 g/mol. The first-order valence-electron chi connectivity index (χ1n) is 11.7. The summed E-state index contributed by atoms with van der Waals surface area (Å²) in [5.41, 5.74) is 3.87. The van der Waals surface area contributed by atoms with Gasteiger partial charge in [0.15, 0.2) is 5.96 Å². The van der Waals surface area contributed by atoms with Crippen molar-refractivity contribution in [3.05, 3.63) is 89.7 Å². The topological polar surface area (TPSA) is 57.9 Å². The van der Waals surface area contributed by atoms with Crippen molar-refractivity contribution in [3.8, 4) is 0 Å². The number of guanidine groups is 1. The summed E-state index contributed by atoms with van der Waals surface area (Å²) in [6, 6.07) is 21.6. The van der Waals surface area contributed by atoms with Gasteiger partial charge in [-0.05, 0) is 22.8 Å². The van der Waals surface area contributed by atoms with Crippen LogP contribution in [0.3, 0.4) is 0 Å². The molecule has 34 heavy (non-hydrogen) atoms. The van der Waals surface area contributed by atoms with E-state index in [4.69, 9.17) is 4.74 Å². The van der Waals surface area contributed by atoms with Gasteiger partial charge in [0.1, 0.15) is 0 Å². The lowest BCUT2D eigenvalue weighted by atomic mass is 10.1. The van der Waals surface area contributed by atoms with Crippen LogP contribution in [0.4, 0.5) is 0 Å². The number of aromatic nitrogens is 2. The van der Waals surface area contributed by atoms with Crippen LogP contribution in [0.5, 0.6) is 0 Å². The summed E-state index contributed by atoms with van der Waals surface area (Å²) >= 11 is 0. The molecule has 1 aromatic heterocycles. The van der Waals surface area contributed by atoms with Gasteiger partial charge in [-0.1, -0.05) is 54.6 Å². The lowest BCUT2D eigenvalue weighted by Gasteiger charge is -2.36. The molecule has 7 nitrogen and oxygen atoms in total. The van der Waals surface area contributed by atoms with E-state index in [1.165, 1.54) is 16.7 Å². The molecule has 180 valence electrons. The number of nitrogens with one attached hydrogen (secondary N) is 1. The summed E-state index contributed by atoms with van der Waals surface area (Å²) in [5.74, 6) is 0.932. The van der Waals surface area contributed by atoms with Crippen LogP contribution in [0.25, 0.3) is 0 Å². The Bertz CT molecular complexity index is 1060. The molecule has 2 aromatic carbocycles. The molecule has 3 aromatic rings. The molecule has 0 amide bonds. The van der Waals surface area contributed by atoms with E-state index in [9.17, 15) is 0 Å². The minimum Gasteiger partial charge on any atom is -0.373 e. The van der Waals surface area contributed by atoms with Crippen LogP contribution in [-0.2, 0) is 24.4 Å². The van der Waals surface area contributed by atoms with Crippen LogP contribution in [0, 0.1) is 0 Å². The highest BCUT2D eigenvalue weighted by Crippen LogP contribution is 2.25. The van der Waals surface area contributed by atoms with Crippen molar-refractivity contribution < 1.29 is 4.74 Å². The van der Waals surface area contributed by atoms with E-state index < -0.39 is 0 Å². The standard InChI is InChI=1S/C26H32N6O.HI/c1-27-26(28-16-22-10-5-6-11-23(22)18-32-13-7-12-29-32)31-19-24-25(20-31)33-15-14-30(24)17-21-8-3-2-4-9-21;/h2-13,24-25H,14-20H2,1H3,(H,27,28);1H. The molecular formula is C26H33IN6O. The maximum Gasteiger partial charge on any atom is 0.194 e. The molecule has 0 aliphatic carbocycles. The summed E-state index contributed by atoms with van der Waals surface area (Å²) in [5, 5.41) is 7.95. The second-order valence-electron chi connectivity index (χ2n) is 8.71. The summed E-state index contributed by atoms with van der Waals surface area (Å²) in [4.78, 5) is 9.50. The summed E-state index contributed by atoms with van der Waals surface area (Å²) in [6.45, 7) is 6.00. The second-order valence-corrected chi connectivity index (χ2v) is 8.71. The van der Waals surface area contributed by atoms with Gasteiger partial charge in [0.2, 0.25) is 0 Å². The van der Waals surface area contributed by atoms with Crippen LogP contribution in [0.15, 0.2) is 78.0 Å². The number of nitrogens with zero attached hydrogens (tertiary/aromatic N) is 5. The summed E-state index contributed by atoms with van der Waals surface area (Å²) in [7, 11) is 1.86. The largest absolute Gasteiger partial charge is 0.373 e. The Morgan fingerprint density at radius 1 is 1.03 bits per heavy atom. The minimum absolute atomic E-state index is 0. The number of fused-ring (bicyclic) bond motifs is 1. The number of ether oxygens (including phenoxy) is 1. The van der Waals surface area contributed by atoms with Crippen molar-refractivity contribution in [2.45, 2.75) is 31.8 Å². The molecule has 2 unspecified atom stereocenters. The highest BCUT2D eigenvalue weighted by Gasteiger charge is 2.41. The van der Waals surface area contributed by atoms with Crippen molar-refractivity contribution in [2.75, 3.05) is 33.3 Å².